The van der Waals surface area contributed by atoms with Crippen molar-refractivity contribution in [3.8, 4) is 11.3 Å². The molecule has 0 aliphatic heterocycles. The van der Waals surface area contributed by atoms with Gasteiger partial charge in [0.15, 0.2) is 0 Å². The van der Waals surface area contributed by atoms with Crippen molar-refractivity contribution in [1.82, 2.24) is 4.98 Å². The molecule has 0 bridgehead atoms. The van der Waals surface area contributed by atoms with Crippen LogP contribution in [0.15, 0.2) is 42.5 Å². The van der Waals surface area contributed by atoms with E-state index in [2.05, 4.69) is 61.3 Å². The van der Waals surface area contributed by atoms with E-state index in [9.17, 15) is 0 Å². The molecule has 4 rings (SSSR count). The molecule has 0 saturated heterocycles. The zero-order valence-electron chi connectivity index (χ0n) is 11.3. The molecule has 0 amide bonds. The molecule has 2 aromatic carbocycles. The Balaban J connectivity index is 1.94. The first-order valence-corrected chi connectivity index (χ1v) is 6.97. The fourth-order valence-corrected chi connectivity index (χ4v) is 3.17. The van der Waals surface area contributed by atoms with Crippen molar-refractivity contribution in [3.63, 3.8) is 0 Å². The molecule has 1 aromatic heterocycles. The highest BCUT2D eigenvalue weighted by molar-refractivity contribution is 5.94. The summed E-state index contributed by atoms with van der Waals surface area (Å²) in [4.78, 5) is 3.58. The molecule has 1 aliphatic rings. The van der Waals surface area contributed by atoms with Crippen LogP contribution in [0, 0.1) is 0 Å². The van der Waals surface area contributed by atoms with Crippen molar-refractivity contribution in [2.75, 3.05) is 0 Å². The zero-order valence-corrected chi connectivity index (χ0v) is 11.3. The van der Waals surface area contributed by atoms with Gasteiger partial charge in [0.25, 0.3) is 0 Å². The molecule has 19 heavy (non-hydrogen) atoms. The van der Waals surface area contributed by atoms with Gasteiger partial charge in [-0.1, -0.05) is 50.2 Å². The lowest BCUT2D eigenvalue weighted by molar-refractivity contribution is 0.864. The second-order valence-electron chi connectivity index (χ2n) is 5.77. The lowest BCUT2D eigenvalue weighted by atomic mass is 9.98. The van der Waals surface area contributed by atoms with Crippen molar-refractivity contribution in [1.29, 1.82) is 0 Å². The van der Waals surface area contributed by atoms with E-state index in [0.29, 0.717) is 5.92 Å². The minimum Gasteiger partial charge on any atom is -0.354 e. The maximum atomic E-state index is 3.58. The van der Waals surface area contributed by atoms with Gasteiger partial charge in [-0.3, -0.25) is 0 Å². The van der Waals surface area contributed by atoms with Gasteiger partial charge < -0.3 is 4.98 Å². The van der Waals surface area contributed by atoms with Gasteiger partial charge in [0, 0.05) is 22.9 Å². The van der Waals surface area contributed by atoms with Crippen LogP contribution < -0.4 is 0 Å². The zero-order chi connectivity index (χ0) is 13.0. The third-order valence-corrected chi connectivity index (χ3v) is 4.25. The van der Waals surface area contributed by atoms with Crippen LogP contribution in [0.25, 0.3) is 22.2 Å². The lowest BCUT2D eigenvalue weighted by Crippen LogP contribution is -1.90. The largest absolute Gasteiger partial charge is 0.354 e. The van der Waals surface area contributed by atoms with E-state index < -0.39 is 0 Å². The van der Waals surface area contributed by atoms with Crippen molar-refractivity contribution in [2.24, 2.45) is 0 Å². The summed E-state index contributed by atoms with van der Waals surface area (Å²) in [7, 11) is 0. The van der Waals surface area contributed by atoms with Gasteiger partial charge in [-0.2, -0.15) is 0 Å². The van der Waals surface area contributed by atoms with Crippen LogP contribution in [-0.2, 0) is 6.42 Å². The van der Waals surface area contributed by atoms with Crippen LogP contribution in [0.2, 0.25) is 0 Å². The number of nitrogens with one attached hydrogen (secondary N) is 1. The normalized spacial score (nSPS) is 13.0. The lowest BCUT2D eigenvalue weighted by Gasteiger charge is -2.08. The van der Waals surface area contributed by atoms with Gasteiger partial charge in [0.05, 0.1) is 5.69 Å². The first kappa shape index (κ1) is 10.9. The highest BCUT2D eigenvalue weighted by Crippen LogP contribution is 2.41. The average Bonchev–Trinajstić information content (AvgIpc) is 2.93. The van der Waals surface area contributed by atoms with E-state index in [-0.39, 0.29) is 0 Å². The van der Waals surface area contributed by atoms with Gasteiger partial charge in [-0.25, -0.2) is 0 Å². The molecule has 94 valence electrons. The highest BCUT2D eigenvalue weighted by Gasteiger charge is 2.23. The van der Waals surface area contributed by atoms with E-state index in [1.807, 2.05) is 0 Å². The number of aromatic amines is 1. The summed E-state index contributed by atoms with van der Waals surface area (Å²) in [6, 6.07) is 15.5. The van der Waals surface area contributed by atoms with Crippen molar-refractivity contribution in [3.05, 3.63) is 59.2 Å². The smallest absolute Gasteiger partial charge is 0.0503 e. The summed E-state index contributed by atoms with van der Waals surface area (Å²) in [5, 5.41) is 1.37. The van der Waals surface area contributed by atoms with Crippen LogP contribution in [-0.4, -0.2) is 4.98 Å². The Kier molecular flexibility index (Phi) is 2.14. The second-order valence-corrected chi connectivity index (χ2v) is 5.77. The summed E-state index contributed by atoms with van der Waals surface area (Å²) >= 11 is 0. The number of fused-ring (bicyclic) bond motifs is 5. The first-order chi connectivity index (χ1) is 9.24. The number of H-pyrrole nitrogens is 1. The Morgan fingerprint density at radius 2 is 1.89 bits per heavy atom. The number of aromatic nitrogens is 1. The molecule has 1 N–H and O–H groups in total. The van der Waals surface area contributed by atoms with Crippen LogP contribution in [0.3, 0.4) is 0 Å². The van der Waals surface area contributed by atoms with E-state index >= 15 is 0 Å². The molecule has 0 saturated carbocycles. The van der Waals surface area contributed by atoms with E-state index in [1.165, 1.54) is 38.9 Å². The number of hydrogen-bond acceptors (Lipinski definition) is 0. The SMILES string of the molecule is CC(C)c1ccc2c(c1)Cc1c-2[nH]c2ccccc12. The summed E-state index contributed by atoms with van der Waals surface area (Å²) in [6.45, 7) is 4.51. The van der Waals surface area contributed by atoms with E-state index in [4.69, 9.17) is 0 Å². The molecule has 0 fully saturated rings. The Hall–Kier alpha value is -2.02. The fraction of sp³-hybridized carbons (Fsp3) is 0.222. The third-order valence-electron chi connectivity index (χ3n) is 4.25. The predicted octanol–water partition coefficient (Wildman–Crippen LogP) is 4.86. The Labute approximate surface area is 113 Å². The number of benzene rings is 2. The molecule has 3 aromatic rings. The second kappa shape index (κ2) is 3.74. The molecule has 1 heteroatoms. The van der Waals surface area contributed by atoms with E-state index in [1.54, 1.807) is 0 Å². The highest BCUT2D eigenvalue weighted by atomic mass is 14.7. The number of rotatable bonds is 1. The number of para-hydroxylation sites is 1. The third kappa shape index (κ3) is 1.48. The van der Waals surface area contributed by atoms with Crippen LogP contribution in [0.4, 0.5) is 0 Å². The molecule has 0 spiro atoms. The Bertz CT molecular complexity index is 777. The van der Waals surface area contributed by atoms with Crippen molar-refractivity contribution >= 4 is 10.9 Å². The molecule has 1 nitrogen and oxygen atoms in total. The minimum absolute atomic E-state index is 0.598. The van der Waals surface area contributed by atoms with Gasteiger partial charge in [0.1, 0.15) is 0 Å². The quantitative estimate of drug-likeness (QED) is 0.494. The summed E-state index contributed by atoms with van der Waals surface area (Å²) in [6.07, 6.45) is 1.06. The van der Waals surface area contributed by atoms with Crippen LogP contribution in [0.1, 0.15) is 36.5 Å². The predicted molar refractivity (Wildman–Crippen MR) is 80.6 cm³/mol. The van der Waals surface area contributed by atoms with Crippen LogP contribution in [0.5, 0.6) is 0 Å². The minimum atomic E-state index is 0.598. The standard InChI is InChI=1S/C18H17N/c1-11(2)12-7-8-14-13(9-12)10-16-15-5-3-4-6-17(15)19-18(14)16/h3-9,11,19H,10H2,1-2H3. The molecular formula is C18H17N. The summed E-state index contributed by atoms with van der Waals surface area (Å²) in [5.41, 5.74) is 8.34. The molecule has 1 aliphatic carbocycles. The molecule has 0 unspecified atom stereocenters. The maximum Gasteiger partial charge on any atom is 0.0503 e. The van der Waals surface area contributed by atoms with Crippen LogP contribution >= 0.6 is 0 Å². The summed E-state index contributed by atoms with van der Waals surface area (Å²) in [5.74, 6) is 0.598. The Morgan fingerprint density at radius 1 is 1.05 bits per heavy atom. The molecule has 0 atom stereocenters. The fourth-order valence-electron chi connectivity index (χ4n) is 3.17. The van der Waals surface area contributed by atoms with Gasteiger partial charge in [0.2, 0.25) is 0 Å². The average molecular weight is 247 g/mol. The Morgan fingerprint density at radius 3 is 2.74 bits per heavy atom. The summed E-state index contributed by atoms with van der Waals surface area (Å²) < 4.78 is 0. The number of hydrogen-bond donors (Lipinski definition) is 1. The monoisotopic (exact) mass is 247 g/mol. The molecule has 1 heterocycles. The topological polar surface area (TPSA) is 15.8 Å². The van der Waals surface area contributed by atoms with Crippen molar-refractivity contribution in [2.45, 2.75) is 26.2 Å². The van der Waals surface area contributed by atoms with Crippen molar-refractivity contribution < 1.29 is 0 Å². The maximum absolute atomic E-state index is 3.58. The molecular weight excluding hydrogens is 230 g/mol. The van der Waals surface area contributed by atoms with Gasteiger partial charge >= 0.3 is 0 Å². The molecule has 0 radical (unpaired) electrons. The first-order valence-electron chi connectivity index (χ1n) is 6.97. The van der Waals surface area contributed by atoms with Gasteiger partial charge in [-0.15, -0.1) is 0 Å². The van der Waals surface area contributed by atoms with E-state index in [0.717, 1.165) is 6.42 Å². The van der Waals surface area contributed by atoms with Gasteiger partial charge in [-0.05, 0) is 28.7 Å².